The van der Waals surface area contributed by atoms with E-state index in [0.717, 1.165) is 12.8 Å². The Morgan fingerprint density at radius 2 is 2.24 bits per heavy atom. The van der Waals surface area contributed by atoms with E-state index in [2.05, 4.69) is 35.1 Å². The molecule has 0 spiro atoms. The van der Waals surface area contributed by atoms with Crippen LogP contribution in [0.2, 0.25) is 0 Å². The summed E-state index contributed by atoms with van der Waals surface area (Å²) in [6.45, 7) is 4.86. The molecule has 1 aromatic rings. The number of carbonyl (C=O) groups excluding carboxylic acids is 1. The van der Waals surface area contributed by atoms with Crippen molar-refractivity contribution in [3.05, 3.63) is 22.6 Å². The maximum absolute atomic E-state index is 11.7. The second kappa shape index (κ2) is 6.21. The van der Waals surface area contributed by atoms with Crippen molar-refractivity contribution in [2.75, 3.05) is 13.2 Å². The zero-order chi connectivity index (χ0) is 12.9. The van der Waals surface area contributed by atoms with Crippen LogP contribution < -0.4 is 5.32 Å². The van der Waals surface area contributed by atoms with E-state index in [4.69, 9.17) is 9.52 Å². The number of halogens is 1. The number of furan rings is 1. The summed E-state index contributed by atoms with van der Waals surface area (Å²) in [5.74, 6) is 0.0857. The van der Waals surface area contributed by atoms with Crippen molar-refractivity contribution in [3.8, 4) is 0 Å². The van der Waals surface area contributed by atoms with E-state index < -0.39 is 0 Å². The molecule has 0 radical (unpaired) electrons. The zero-order valence-corrected chi connectivity index (χ0v) is 11.7. The number of carbonyl (C=O) groups is 1. The molecule has 0 aliphatic heterocycles. The first kappa shape index (κ1) is 14.3. The third kappa shape index (κ3) is 4.91. The van der Waals surface area contributed by atoms with Gasteiger partial charge in [0.2, 0.25) is 0 Å². The molecule has 17 heavy (non-hydrogen) atoms. The summed E-state index contributed by atoms with van der Waals surface area (Å²) in [6, 6.07) is 3.31. The molecule has 0 aliphatic rings. The van der Waals surface area contributed by atoms with E-state index >= 15 is 0 Å². The standard InChI is InChI=1S/C12H18BrNO3/c1-12(2,6-3-7-15)8-14-11(16)9-4-5-10(13)17-9/h4-5,15H,3,6-8H2,1-2H3,(H,14,16). The van der Waals surface area contributed by atoms with E-state index in [0.29, 0.717) is 17.0 Å². The topological polar surface area (TPSA) is 62.5 Å². The molecule has 0 aliphatic carbocycles. The van der Waals surface area contributed by atoms with Gasteiger partial charge in [0, 0.05) is 13.2 Å². The maximum atomic E-state index is 11.7. The molecule has 0 saturated heterocycles. The average molecular weight is 304 g/mol. The summed E-state index contributed by atoms with van der Waals surface area (Å²) in [5.41, 5.74) is -0.0256. The molecular weight excluding hydrogens is 286 g/mol. The van der Waals surface area contributed by atoms with Crippen molar-refractivity contribution in [1.29, 1.82) is 0 Å². The van der Waals surface area contributed by atoms with Gasteiger partial charge in [0.25, 0.3) is 5.91 Å². The lowest BCUT2D eigenvalue weighted by molar-refractivity contribution is 0.0904. The van der Waals surface area contributed by atoms with E-state index in [1.165, 1.54) is 0 Å². The Labute approximate surface area is 110 Å². The van der Waals surface area contributed by atoms with Gasteiger partial charge < -0.3 is 14.8 Å². The lowest BCUT2D eigenvalue weighted by atomic mass is 9.88. The van der Waals surface area contributed by atoms with Gasteiger partial charge in [-0.2, -0.15) is 0 Å². The summed E-state index contributed by atoms with van der Waals surface area (Å²) in [7, 11) is 0. The van der Waals surface area contributed by atoms with Crippen LogP contribution in [-0.2, 0) is 0 Å². The quantitative estimate of drug-likeness (QED) is 0.849. The number of hydrogen-bond donors (Lipinski definition) is 2. The Bertz CT molecular complexity index is 374. The number of nitrogens with one attached hydrogen (secondary N) is 1. The van der Waals surface area contributed by atoms with Gasteiger partial charge in [0.1, 0.15) is 0 Å². The van der Waals surface area contributed by atoms with Gasteiger partial charge in [-0.05, 0) is 46.3 Å². The predicted octanol–water partition coefficient (Wildman–Crippen LogP) is 2.57. The summed E-state index contributed by atoms with van der Waals surface area (Å²) in [4.78, 5) is 11.7. The molecule has 5 heteroatoms. The van der Waals surface area contributed by atoms with Gasteiger partial charge in [-0.1, -0.05) is 13.8 Å². The molecular formula is C12H18BrNO3. The summed E-state index contributed by atoms with van der Waals surface area (Å²) < 4.78 is 5.70. The van der Waals surface area contributed by atoms with Crippen LogP contribution in [0.15, 0.2) is 21.2 Å². The zero-order valence-electron chi connectivity index (χ0n) is 10.1. The second-order valence-electron chi connectivity index (χ2n) is 4.78. The third-order valence-electron chi connectivity index (χ3n) is 2.54. The second-order valence-corrected chi connectivity index (χ2v) is 5.56. The van der Waals surface area contributed by atoms with E-state index in [1.54, 1.807) is 12.1 Å². The molecule has 0 bridgehead atoms. The minimum atomic E-state index is -0.215. The highest BCUT2D eigenvalue weighted by molar-refractivity contribution is 9.10. The number of rotatable bonds is 6. The Morgan fingerprint density at radius 3 is 2.76 bits per heavy atom. The lowest BCUT2D eigenvalue weighted by Crippen LogP contribution is -2.33. The molecule has 2 N–H and O–H groups in total. The van der Waals surface area contributed by atoms with Crippen molar-refractivity contribution < 1.29 is 14.3 Å². The first-order valence-electron chi connectivity index (χ1n) is 5.59. The predicted molar refractivity (Wildman–Crippen MR) is 68.8 cm³/mol. The fourth-order valence-corrected chi connectivity index (χ4v) is 1.80. The van der Waals surface area contributed by atoms with Crippen LogP contribution in [0.5, 0.6) is 0 Å². The number of aliphatic hydroxyl groups is 1. The SMILES string of the molecule is CC(C)(CCCO)CNC(=O)c1ccc(Br)o1. The lowest BCUT2D eigenvalue weighted by Gasteiger charge is -2.24. The maximum Gasteiger partial charge on any atom is 0.287 e. The fraction of sp³-hybridized carbons (Fsp3) is 0.583. The first-order valence-corrected chi connectivity index (χ1v) is 6.38. The van der Waals surface area contributed by atoms with Gasteiger partial charge >= 0.3 is 0 Å². The minimum absolute atomic E-state index is 0.0256. The average Bonchev–Trinajstić information content (AvgIpc) is 2.70. The molecule has 1 aromatic heterocycles. The van der Waals surface area contributed by atoms with Crippen molar-refractivity contribution in [2.45, 2.75) is 26.7 Å². The molecule has 1 amide bonds. The Hall–Kier alpha value is -0.810. The van der Waals surface area contributed by atoms with Crippen molar-refractivity contribution >= 4 is 21.8 Å². The normalized spacial score (nSPS) is 11.5. The van der Waals surface area contributed by atoms with Crippen LogP contribution in [0.4, 0.5) is 0 Å². The smallest absolute Gasteiger partial charge is 0.287 e. The molecule has 0 aromatic carbocycles. The minimum Gasteiger partial charge on any atom is -0.444 e. The van der Waals surface area contributed by atoms with Gasteiger partial charge in [-0.25, -0.2) is 0 Å². The monoisotopic (exact) mass is 303 g/mol. The van der Waals surface area contributed by atoms with E-state index in [-0.39, 0.29) is 17.9 Å². The van der Waals surface area contributed by atoms with Crippen LogP contribution >= 0.6 is 15.9 Å². The van der Waals surface area contributed by atoms with Gasteiger partial charge in [0.15, 0.2) is 10.4 Å². The van der Waals surface area contributed by atoms with Crippen molar-refractivity contribution in [2.24, 2.45) is 5.41 Å². The van der Waals surface area contributed by atoms with Crippen LogP contribution in [-0.4, -0.2) is 24.2 Å². The first-order chi connectivity index (χ1) is 7.94. The van der Waals surface area contributed by atoms with Crippen LogP contribution in [0, 0.1) is 5.41 Å². The summed E-state index contributed by atoms with van der Waals surface area (Å²) in [6.07, 6.45) is 1.61. The molecule has 1 rings (SSSR count). The molecule has 0 atom stereocenters. The Kier molecular flexibility index (Phi) is 5.21. The highest BCUT2D eigenvalue weighted by Gasteiger charge is 2.19. The molecule has 0 saturated carbocycles. The fourth-order valence-electron chi connectivity index (χ4n) is 1.49. The van der Waals surface area contributed by atoms with E-state index in [9.17, 15) is 4.79 Å². The van der Waals surface area contributed by atoms with Gasteiger partial charge in [-0.15, -0.1) is 0 Å². The van der Waals surface area contributed by atoms with Crippen molar-refractivity contribution in [3.63, 3.8) is 0 Å². The molecule has 0 unspecified atom stereocenters. The largest absolute Gasteiger partial charge is 0.444 e. The Morgan fingerprint density at radius 1 is 1.53 bits per heavy atom. The van der Waals surface area contributed by atoms with Crippen LogP contribution in [0.1, 0.15) is 37.2 Å². The van der Waals surface area contributed by atoms with Crippen molar-refractivity contribution in [1.82, 2.24) is 5.32 Å². The molecule has 4 nitrogen and oxygen atoms in total. The highest BCUT2D eigenvalue weighted by Crippen LogP contribution is 2.21. The highest BCUT2D eigenvalue weighted by atomic mass is 79.9. The van der Waals surface area contributed by atoms with Crippen LogP contribution in [0.25, 0.3) is 0 Å². The summed E-state index contributed by atoms with van der Waals surface area (Å²) >= 11 is 3.15. The molecule has 96 valence electrons. The Balaban J connectivity index is 2.42. The van der Waals surface area contributed by atoms with Gasteiger partial charge in [-0.3, -0.25) is 4.79 Å². The van der Waals surface area contributed by atoms with E-state index in [1.807, 2.05) is 0 Å². The number of aliphatic hydroxyl groups excluding tert-OH is 1. The molecule has 1 heterocycles. The van der Waals surface area contributed by atoms with Crippen LogP contribution in [0.3, 0.4) is 0 Å². The number of amides is 1. The number of hydrogen-bond acceptors (Lipinski definition) is 3. The summed E-state index contributed by atoms with van der Waals surface area (Å²) in [5, 5.41) is 11.6. The third-order valence-corrected chi connectivity index (χ3v) is 2.96. The molecule has 0 fully saturated rings. The van der Waals surface area contributed by atoms with Gasteiger partial charge in [0.05, 0.1) is 0 Å².